The van der Waals surface area contributed by atoms with Crippen LogP contribution < -0.4 is 11.1 Å². The number of nitrogen functional groups attached to an aromatic ring is 1. The van der Waals surface area contributed by atoms with Crippen molar-refractivity contribution in [1.82, 2.24) is 9.97 Å². The first-order valence-electron chi connectivity index (χ1n) is 5.73. The maximum atomic E-state index is 5.80. The Kier molecular flexibility index (Phi) is 3.99. The number of nitrogens with two attached hydrogens (primary N) is 1. The van der Waals surface area contributed by atoms with Crippen LogP contribution in [0.15, 0.2) is 30.3 Å². The van der Waals surface area contributed by atoms with Gasteiger partial charge in [-0.2, -0.15) is 4.98 Å². The van der Waals surface area contributed by atoms with Crippen LogP contribution in [-0.4, -0.2) is 16.5 Å². The molecule has 1 aromatic carbocycles. The molecule has 94 valence electrons. The first-order chi connectivity index (χ1) is 8.63. The summed E-state index contributed by atoms with van der Waals surface area (Å²) in [5.74, 6) is 0.834. The summed E-state index contributed by atoms with van der Waals surface area (Å²) in [4.78, 5) is 7.86. The zero-order valence-electron chi connectivity index (χ0n) is 10.2. The number of aryl methyl sites for hydroxylation is 1. The second-order valence-electron chi connectivity index (χ2n) is 4.10. The minimum Gasteiger partial charge on any atom is -0.370 e. The summed E-state index contributed by atoms with van der Waals surface area (Å²) in [6.07, 6.45) is 0.920. The van der Waals surface area contributed by atoms with Crippen molar-refractivity contribution < 1.29 is 0 Å². The summed E-state index contributed by atoms with van der Waals surface area (Å²) in [7, 11) is 0. The highest BCUT2D eigenvalue weighted by Gasteiger charge is 2.00. The molecule has 2 aromatic rings. The third-order valence-electron chi connectivity index (χ3n) is 2.51. The van der Waals surface area contributed by atoms with Gasteiger partial charge in [-0.3, -0.25) is 0 Å². The van der Waals surface area contributed by atoms with E-state index in [2.05, 4.69) is 46.5 Å². The number of anilines is 2. The number of hydrogen-bond donors (Lipinski definition) is 2. The molecule has 5 heteroatoms. The summed E-state index contributed by atoms with van der Waals surface area (Å²) in [6, 6.07) is 10.1. The summed E-state index contributed by atoms with van der Waals surface area (Å²) in [5, 5.41) is 3.53. The fourth-order valence-electron chi connectivity index (χ4n) is 1.73. The van der Waals surface area contributed by atoms with E-state index in [0.717, 1.165) is 13.0 Å². The molecule has 0 spiro atoms. The molecule has 4 nitrogen and oxygen atoms in total. The van der Waals surface area contributed by atoms with Gasteiger partial charge in [0.25, 0.3) is 0 Å². The molecule has 0 aliphatic carbocycles. The Labute approximate surface area is 111 Å². The van der Waals surface area contributed by atoms with E-state index in [1.54, 1.807) is 6.07 Å². The Morgan fingerprint density at radius 3 is 2.83 bits per heavy atom. The average molecular weight is 263 g/mol. The molecule has 0 atom stereocenters. The summed E-state index contributed by atoms with van der Waals surface area (Å²) < 4.78 is 0. The predicted molar refractivity (Wildman–Crippen MR) is 74.8 cm³/mol. The SMILES string of the molecule is Cc1cccc(CCNc2cc(Cl)nc(N)n2)c1. The molecule has 0 aliphatic rings. The number of nitrogens with one attached hydrogen (secondary N) is 1. The summed E-state index contributed by atoms with van der Waals surface area (Å²) >= 11 is 5.80. The van der Waals surface area contributed by atoms with Crippen LogP contribution in [0.5, 0.6) is 0 Å². The maximum absolute atomic E-state index is 5.80. The van der Waals surface area contributed by atoms with Crippen molar-refractivity contribution in [2.45, 2.75) is 13.3 Å². The number of hydrogen-bond acceptors (Lipinski definition) is 4. The van der Waals surface area contributed by atoms with E-state index in [4.69, 9.17) is 17.3 Å². The number of benzene rings is 1. The van der Waals surface area contributed by atoms with Crippen molar-refractivity contribution >= 4 is 23.4 Å². The van der Waals surface area contributed by atoms with Crippen LogP contribution in [0.25, 0.3) is 0 Å². The smallest absolute Gasteiger partial charge is 0.223 e. The van der Waals surface area contributed by atoms with Crippen LogP contribution in [-0.2, 0) is 6.42 Å². The molecule has 0 aliphatic heterocycles. The Hall–Kier alpha value is -1.81. The van der Waals surface area contributed by atoms with Gasteiger partial charge in [0, 0.05) is 12.6 Å². The molecule has 0 saturated carbocycles. The van der Waals surface area contributed by atoms with Crippen molar-refractivity contribution in [3.05, 3.63) is 46.6 Å². The Morgan fingerprint density at radius 1 is 1.28 bits per heavy atom. The molecular weight excluding hydrogens is 248 g/mol. The van der Waals surface area contributed by atoms with Gasteiger partial charge in [-0.1, -0.05) is 41.4 Å². The molecule has 0 amide bonds. The highest BCUT2D eigenvalue weighted by Crippen LogP contribution is 2.12. The molecule has 0 fully saturated rings. The van der Waals surface area contributed by atoms with Crippen LogP contribution in [0.3, 0.4) is 0 Å². The number of nitrogens with zero attached hydrogens (tertiary/aromatic N) is 2. The van der Waals surface area contributed by atoms with E-state index in [-0.39, 0.29) is 5.95 Å². The fraction of sp³-hybridized carbons (Fsp3) is 0.231. The van der Waals surface area contributed by atoms with E-state index in [0.29, 0.717) is 11.0 Å². The zero-order chi connectivity index (χ0) is 13.0. The van der Waals surface area contributed by atoms with E-state index in [1.165, 1.54) is 11.1 Å². The van der Waals surface area contributed by atoms with E-state index in [9.17, 15) is 0 Å². The fourth-order valence-corrected chi connectivity index (χ4v) is 1.92. The molecule has 1 aromatic heterocycles. The van der Waals surface area contributed by atoms with Crippen molar-refractivity contribution in [3.8, 4) is 0 Å². The van der Waals surface area contributed by atoms with Crippen molar-refractivity contribution in [3.63, 3.8) is 0 Å². The maximum Gasteiger partial charge on any atom is 0.223 e. The number of rotatable bonds is 4. The topological polar surface area (TPSA) is 63.8 Å². The van der Waals surface area contributed by atoms with Crippen LogP contribution in [0.2, 0.25) is 5.15 Å². The monoisotopic (exact) mass is 262 g/mol. The first-order valence-corrected chi connectivity index (χ1v) is 6.11. The van der Waals surface area contributed by atoms with Gasteiger partial charge in [0.15, 0.2) is 0 Å². The van der Waals surface area contributed by atoms with Gasteiger partial charge < -0.3 is 11.1 Å². The minimum absolute atomic E-state index is 0.181. The van der Waals surface area contributed by atoms with Crippen LogP contribution in [0.4, 0.5) is 11.8 Å². The molecule has 0 saturated heterocycles. The highest BCUT2D eigenvalue weighted by atomic mass is 35.5. The van der Waals surface area contributed by atoms with Gasteiger partial charge in [0.2, 0.25) is 5.95 Å². The quantitative estimate of drug-likeness (QED) is 0.832. The second kappa shape index (κ2) is 5.69. The zero-order valence-corrected chi connectivity index (χ0v) is 10.9. The van der Waals surface area contributed by atoms with Gasteiger partial charge >= 0.3 is 0 Å². The van der Waals surface area contributed by atoms with Crippen LogP contribution >= 0.6 is 11.6 Å². The van der Waals surface area contributed by atoms with Gasteiger partial charge in [0.1, 0.15) is 11.0 Å². The normalized spacial score (nSPS) is 10.3. The average Bonchev–Trinajstić information content (AvgIpc) is 2.27. The lowest BCUT2D eigenvalue weighted by atomic mass is 10.1. The van der Waals surface area contributed by atoms with Crippen molar-refractivity contribution in [1.29, 1.82) is 0 Å². The second-order valence-corrected chi connectivity index (χ2v) is 4.49. The number of aromatic nitrogens is 2. The Bertz CT molecular complexity index is 522. The Balaban J connectivity index is 1.92. The molecule has 1 heterocycles. The van der Waals surface area contributed by atoms with Gasteiger partial charge in [-0.15, -0.1) is 0 Å². The van der Waals surface area contributed by atoms with Gasteiger partial charge in [0.05, 0.1) is 0 Å². The van der Waals surface area contributed by atoms with E-state index < -0.39 is 0 Å². The summed E-state index contributed by atoms with van der Waals surface area (Å²) in [5.41, 5.74) is 8.07. The van der Waals surface area contributed by atoms with Crippen molar-refractivity contribution in [2.24, 2.45) is 0 Å². The third kappa shape index (κ3) is 3.60. The highest BCUT2D eigenvalue weighted by molar-refractivity contribution is 6.29. The standard InChI is InChI=1S/C13H15ClN4/c1-9-3-2-4-10(7-9)5-6-16-12-8-11(14)17-13(15)18-12/h2-4,7-8H,5-6H2,1H3,(H3,15,16,17,18). The molecule has 0 bridgehead atoms. The lowest BCUT2D eigenvalue weighted by Gasteiger charge is -2.07. The minimum atomic E-state index is 0.181. The lowest BCUT2D eigenvalue weighted by Crippen LogP contribution is -2.08. The molecule has 3 N–H and O–H groups in total. The molecule has 0 radical (unpaired) electrons. The lowest BCUT2D eigenvalue weighted by molar-refractivity contribution is 0.999. The van der Waals surface area contributed by atoms with Gasteiger partial charge in [-0.25, -0.2) is 4.98 Å². The Morgan fingerprint density at radius 2 is 2.11 bits per heavy atom. The van der Waals surface area contributed by atoms with Crippen LogP contribution in [0.1, 0.15) is 11.1 Å². The van der Waals surface area contributed by atoms with Gasteiger partial charge in [-0.05, 0) is 18.9 Å². The summed E-state index contributed by atoms with van der Waals surface area (Å²) in [6.45, 7) is 2.86. The van der Waals surface area contributed by atoms with E-state index >= 15 is 0 Å². The largest absolute Gasteiger partial charge is 0.370 e. The number of halogens is 1. The predicted octanol–water partition coefficient (Wildman–Crippen LogP) is 2.68. The first kappa shape index (κ1) is 12.6. The van der Waals surface area contributed by atoms with E-state index in [1.807, 2.05) is 0 Å². The molecule has 18 heavy (non-hydrogen) atoms. The van der Waals surface area contributed by atoms with Crippen molar-refractivity contribution in [2.75, 3.05) is 17.6 Å². The molecule has 0 unspecified atom stereocenters. The van der Waals surface area contributed by atoms with Crippen LogP contribution in [0, 0.1) is 6.92 Å². The third-order valence-corrected chi connectivity index (χ3v) is 2.71. The molecular formula is C13H15ClN4. The molecule has 2 rings (SSSR count).